The van der Waals surface area contributed by atoms with Gasteiger partial charge >= 0.3 is 0 Å². The van der Waals surface area contributed by atoms with Crippen LogP contribution in [0.4, 0.5) is 5.69 Å². The first-order valence-electron chi connectivity index (χ1n) is 6.42. The van der Waals surface area contributed by atoms with Gasteiger partial charge in [0.05, 0.1) is 0 Å². The first-order chi connectivity index (χ1) is 8.88. The molecule has 0 unspecified atom stereocenters. The van der Waals surface area contributed by atoms with Crippen LogP contribution in [0.3, 0.4) is 0 Å². The number of para-hydroxylation sites is 1. The van der Waals surface area contributed by atoms with Crippen LogP contribution in [-0.2, 0) is 6.54 Å². The van der Waals surface area contributed by atoms with Crippen molar-refractivity contribution in [2.24, 2.45) is 0 Å². The van der Waals surface area contributed by atoms with E-state index in [2.05, 4.69) is 58.9 Å². The zero-order chi connectivity index (χ0) is 12.6. The molecule has 0 saturated carbocycles. The van der Waals surface area contributed by atoms with Crippen molar-refractivity contribution in [1.82, 2.24) is 4.90 Å². The first kappa shape index (κ1) is 13.1. The quantitative estimate of drug-likeness (QED) is 0.817. The van der Waals surface area contributed by atoms with Gasteiger partial charge in [-0.15, -0.1) is 11.3 Å². The highest BCUT2D eigenvalue weighted by molar-refractivity contribution is 7.09. The third-order valence-corrected chi connectivity index (χ3v) is 3.80. The maximum atomic E-state index is 3.45. The lowest BCUT2D eigenvalue weighted by Gasteiger charge is -2.20. The standard InChI is InChI=1S/C15H20N2S/c1-2-17(13-15-9-6-12-18-15)11-10-16-14-7-4-3-5-8-14/h3-9,12,16H,2,10-11,13H2,1H3. The van der Waals surface area contributed by atoms with Crippen molar-refractivity contribution in [2.75, 3.05) is 25.0 Å². The number of nitrogens with one attached hydrogen (secondary N) is 1. The molecule has 0 amide bonds. The molecule has 0 radical (unpaired) electrons. The van der Waals surface area contributed by atoms with Gasteiger partial charge in [-0.05, 0) is 30.1 Å². The van der Waals surface area contributed by atoms with Crippen LogP contribution in [0, 0.1) is 0 Å². The SMILES string of the molecule is CCN(CCNc1ccccc1)Cc1cccs1. The Balaban J connectivity index is 1.74. The second-order valence-corrected chi connectivity index (χ2v) is 5.27. The van der Waals surface area contributed by atoms with Gasteiger partial charge in [-0.1, -0.05) is 31.2 Å². The minimum absolute atomic E-state index is 0.989. The third kappa shape index (κ3) is 4.17. The van der Waals surface area contributed by atoms with E-state index in [1.165, 1.54) is 10.6 Å². The fraction of sp³-hybridized carbons (Fsp3) is 0.333. The molecule has 0 fully saturated rings. The lowest BCUT2D eigenvalue weighted by Crippen LogP contribution is -2.28. The van der Waals surface area contributed by atoms with Gasteiger partial charge in [-0.2, -0.15) is 0 Å². The lowest BCUT2D eigenvalue weighted by molar-refractivity contribution is 0.294. The van der Waals surface area contributed by atoms with Crippen molar-refractivity contribution >= 4 is 17.0 Å². The molecular weight excluding hydrogens is 240 g/mol. The molecule has 0 aliphatic heterocycles. The number of anilines is 1. The Hall–Kier alpha value is -1.32. The normalized spacial score (nSPS) is 10.8. The molecule has 0 aliphatic rings. The maximum Gasteiger partial charge on any atom is 0.0340 e. The Morgan fingerprint density at radius 3 is 2.61 bits per heavy atom. The third-order valence-electron chi connectivity index (χ3n) is 2.94. The van der Waals surface area contributed by atoms with Crippen LogP contribution in [0.25, 0.3) is 0 Å². The predicted molar refractivity (Wildman–Crippen MR) is 80.2 cm³/mol. The van der Waals surface area contributed by atoms with Gasteiger partial charge in [-0.25, -0.2) is 0 Å². The van der Waals surface area contributed by atoms with E-state index in [0.29, 0.717) is 0 Å². The highest BCUT2D eigenvalue weighted by Gasteiger charge is 2.03. The number of hydrogen-bond acceptors (Lipinski definition) is 3. The van der Waals surface area contributed by atoms with E-state index in [9.17, 15) is 0 Å². The van der Waals surface area contributed by atoms with Gasteiger partial charge in [0, 0.05) is 30.2 Å². The topological polar surface area (TPSA) is 15.3 Å². The van der Waals surface area contributed by atoms with E-state index in [0.717, 1.165) is 26.2 Å². The van der Waals surface area contributed by atoms with Gasteiger partial charge in [0.2, 0.25) is 0 Å². The molecule has 2 nitrogen and oxygen atoms in total. The Labute approximate surface area is 113 Å². The molecule has 1 aromatic carbocycles. The summed E-state index contributed by atoms with van der Waals surface area (Å²) in [4.78, 5) is 3.90. The minimum atomic E-state index is 0.989. The van der Waals surface area contributed by atoms with Gasteiger partial charge < -0.3 is 5.32 Å². The molecule has 2 rings (SSSR count). The fourth-order valence-corrected chi connectivity index (χ4v) is 2.63. The monoisotopic (exact) mass is 260 g/mol. The van der Waals surface area contributed by atoms with Crippen molar-refractivity contribution in [2.45, 2.75) is 13.5 Å². The highest BCUT2D eigenvalue weighted by Crippen LogP contribution is 2.11. The van der Waals surface area contributed by atoms with E-state index in [-0.39, 0.29) is 0 Å². The minimum Gasteiger partial charge on any atom is -0.384 e. The highest BCUT2D eigenvalue weighted by atomic mass is 32.1. The van der Waals surface area contributed by atoms with Crippen LogP contribution in [-0.4, -0.2) is 24.5 Å². The average Bonchev–Trinajstić information content (AvgIpc) is 2.92. The van der Waals surface area contributed by atoms with Crippen molar-refractivity contribution in [1.29, 1.82) is 0 Å². The summed E-state index contributed by atoms with van der Waals surface area (Å²) in [6, 6.07) is 14.7. The molecule has 3 heteroatoms. The summed E-state index contributed by atoms with van der Waals surface area (Å²) >= 11 is 1.83. The summed E-state index contributed by atoms with van der Waals surface area (Å²) in [5.41, 5.74) is 1.20. The van der Waals surface area contributed by atoms with E-state index in [1.54, 1.807) is 0 Å². The molecule has 0 spiro atoms. The summed E-state index contributed by atoms with van der Waals surface area (Å²) in [6.45, 7) is 6.43. The summed E-state index contributed by atoms with van der Waals surface area (Å²) in [5.74, 6) is 0. The Morgan fingerprint density at radius 2 is 1.94 bits per heavy atom. The van der Waals surface area contributed by atoms with Gasteiger partial charge in [0.15, 0.2) is 0 Å². The fourth-order valence-electron chi connectivity index (χ4n) is 1.89. The summed E-state index contributed by atoms with van der Waals surface area (Å²) in [5, 5.41) is 5.60. The Bertz CT molecular complexity index is 425. The van der Waals surface area contributed by atoms with Gasteiger partial charge in [0.1, 0.15) is 0 Å². The Morgan fingerprint density at radius 1 is 1.11 bits per heavy atom. The van der Waals surface area contributed by atoms with Crippen LogP contribution in [0.5, 0.6) is 0 Å². The molecule has 1 heterocycles. The molecule has 0 bridgehead atoms. The summed E-state index contributed by atoms with van der Waals surface area (Å²) in [7, 11) is 0. The van der Waals surface area contributed by atoms with E-state index in [4.69, 9.17) is 0 Å². The van der Waals surface area contributed by atoms with E-state index < -0.39 is 0 Å². The molecule has 0 atom stereocenters. The zero-order valence-electron chi connectivity index (χ0n) is 10.8. The molecule has 0 aliphatic carbocycles. The predicted octanol–water partition coefficient (Wildman–Crippen LogP) is 3.68. The molecule has 1 aromatic heterocycles. The number of likely N-dealkylation sites (N-methyl/N-ethyl adjacent to an activating group) is 1. The average molecular weight is 260 g/mol. The number of rotatable bonds is 7. The van der Waals surface area contributed by atoms with Crippen molar-refractivity contribution in [3.63, 3.8) is 0 Å². The molecule has 18 heavy (non-hydrogen) atoms. The van der Waals surface area contributed by atoms with Crippen molar-refractivity contribution in [3.8, 4) is 0 Å². The number of thiophene rings is 1. The van der Waals surface area contributed by atoms with Crippen LogP contribution in [0.2, 0.25) is 0 Å². The second-order valence-electron chi connectivity index (χ2n) is 4.24. The molecule has 2 aromatic rings. The van der Waals surface area contributed by atoms with Crippen molar-refractivity contribution < 1.29 is 0 Å². The lowest BCUT2D eigenvalue weighted by atomic mass is 10.3. The summed E-state index contributed by atoms with van der Waals surface area (Å²) in [6.07, 6.45) is 0. The largest absolute Gasteiger partial charge is 0.384 e. The van der Waals surface area contributed by atoms with Crippen LogP contribution >= 0.6 is 11.3 Å². The smallest absolute Gasteiger partial charge is 0.0340 e. The van der Waals surface area contributed by atoms with E-state index in [1.807, 2.05) is 17.4 Å². The maximum absolute atomic E-state index is 3.45. The number of nitrogens with zero attached hydrogens (tertiary/aromatic N) is 1. The molecule has 1 N–H and O–H groups in total. The molecule has 0 saturated heterocycles. The van der Waals surface area contributed by atoms with Crippen LogP contribution < -0.4 is 5.32 Å². The first-order valence-corrected chi connectivity index (χ1v) is 7.30. The van der Waals surface area contributed by atoms with Crippen LogP contribution in [0.1, 0.15) is 11.8 Å². The zero-order valence-corrected chi connectivity index (χ0v) is 11.6. The summed E-state index contributed by atoms with van der Waals surface area (Å²) < 4.78 is 0. The Kier molecular flexibility index (Phi) is 5.24. The molecular formula is C15H20N2S. The molecule has 96 valence electrons. The van der Waals surface area contributed by atoms with Gasteiger partial charge in [-0.3, -0.25) is 4.90 Å². The van der Waals surface area contributed by atoms with Crippen LogP contribution in [0.15, 0.2) is 47.8 Å². The second kappa shape index (κ2) is 7.19. The van der Waals surface area contributed by atoms with Crippen molar-refractivity contribution in [3.05, 3.63) is 52.7 Å². The van der Waals surface area contributed by atoms with Gasteiger partial charge in [0.25, 0.3) is 0 Å². The number of hydrogen-bond donors (Lipinski definition) is 1. The number of benzene rings is 1. The van der Waals surface area contributed by atoms with E-state index >= 15 is 0 Å².